The number of methoxy groups -OCH3 is 3. The molecule has 0 saturated carbocycles. The number of hydrogen-bond donors (Lipinski definition) is 1. The van der Waals surface area contributed by atoms with E-state index in [2.05, 4.69) is 10.1 Å². The van der Waals surface area contributed by atoms with Crippen LogP contribution >= 0.6 is 11.3 Å². The summed E-state index contributed by atoms with van der Waals surface area (Å²) in [6.45, 7) is 1.27. The predicted molar refractivity (Wildman–Crippen MR) is 133 cm³/mol. The number of hydrogen-bond acceptors (Lipinski definition) is 7. The van der Waals surface area contributed by atoms with Gasteiger partial charge < -0.3 is 28.8 Å². The van der Waals surface area contributed by atoms with Crippen LogP contribution < -0.4 is 24.3 Å². The van der Waals surface area contributed by atoms with Crippen molar-refractivity contribution in [2.45, 2.75) is 25.9 Å². The summed E-state index contributed by atoms with van der Waals surface area (Å²) in [7, 11) is 4.60. The topological polar surface area (TPSA) is 83.3 Å². The fourth-order valence-electron chi connectivity index (χ4n) is 3.51. The Kier molecular flexibility index (Phi) is 9.98. The highest BCUT2D eigenvalue weighted by Gasteiger charge is 2.31. The van der Waals surface area contributed by atoms with Crippen molar-refractivity contribution in [1.82, 2.24) is 9.88 Å². The third-order valence-corrected chi connectivity index (χ3v) is 6.12. The van der Waals surface area contributed by atoms with Gasteiger partial charge in [-0.15, -0.1) is 24.5 Å². The Morgan fingerprint density at radius 1 is 1.05 bits per heavy atom. The maximum Gasteiger partial charge on any atom is 0.573 e. The van der Waals surface area contributed by atoms with E-state index in [9.17, 15) is 18.0 Å². The van der Waals surface area contributed by atoms with Gasteiger partial charge in [0.15, 0.2) is 4.80 Å². The van der Waals surface area contributed by atoms with Crippen LogP contribution in [-0.4, -0.2) is 51.3 Å². The molecule has 3 aromatic rings. The first-order valence-electron chi connectivity index (χ1n) is 11.3. The Hall–Kier alpha value is -3.51. The van der Waals surface area contributed by atoms with Gasteiger partial charge in [-0.3, -0.25) is 9.79 Å². The summed E-state index contributed by atoms with van der Waals surface area (Å²) in [6, 6.07) is 11.2. The van der Waals surface area contributed by atoms with E-state index >= 15 is 0 Å². The predicted octanol–water partition coefficient (Wildman–Crippen LogP) is 4.39. The molecule has 1 aromatic heterocycles. The second-order valence-electron chi connectivity index (χ2n) is 7.76. The van der Waals surface area contributed by atoms with E-state index in [0.29, 0.717) is 47.9 Å². The molecule has 0 bridgehead atoms. The molecule has 2 aromatic carbocycles. The van der Waals surface area contributed by atoms with Gasteiger partial charge in [-0.05, 0) is 48.4 Å². The SMILES string of the molecule is COCC(=O)NCCCn1c(-c2ccc(OC(F)(F)F)cc2)csc1=NCc1ccc(OC)cc1OC. The van der Waals surface area contributed by atoms with Crippen LogP contribution in [0.5, 0.6) is 17.2 Å². The number of halogens is 3. The van der Waals surface area contributed by atoms with Crippen LogP contribution in [0.4, 0.5) is 13.2 Å². The minimum atomic E-state index is -4.76. The van der Waals surface area contributed by atoms with E-state index in [1.165, 1.54) is 30.6 Å². The van der Waals surface area contributed by atoms with Gasteiger partial charge >= 0.3 is 6.36 Å². The molecule has 0 saturated heterocycles. The summed E-state index contributed by atoms with van der Waals surface area (Å²) in [5.74, 6) is 0.806. The highest BCUT2D eigenvalue weighted by atomic mass is 32.1. The first-order chi connectivity index (χ1) is 17.7. The average Bonchev–Trinajstić information content (AvgIpc) is 3.27. The van der Waals surface area contributed by atoms with Crippen molar-refractivity contribution in [2.75, 3.05) is 34.5 Å². The van der Waals surface area contributed by atoms with Gasteiger partial charge in [0, 0.05) is 37.2 Å². The zero-order valence-corrected chi connectivity index (χ0v) is 21.4. The van der Waals surface area contributed by atoms with Gasteiger partial charge in [0.1, 0.15) is 23.9 Å². The van der Waals surface area contributed by atoms with E-state index < -0.39 is 6.36 Å². The lowest BCUT2D eigenvalue weighted by molar-refractivity contribution is -0.274. The first-order valence-corrected chi connectivity index (χ1v) is 12.1. The number of carbonyl (C=O) groups is 1. The summed E-state index contributed by atoms with van der Waals surface area (Å²) in [5, 5.41) is 4.68. The summed E-state index contributed by atoms with van der Waals surface area (Å²) in [4.78, 5) is 17.2. The van der Waals surface area contributed by atoms with Crippen molar-refractivity contribution in [3.8, 4) is 28.5 Å². The Bertz CT molecular complexity index is 1240. The van der Waals surface area contributed by atoms with E-state index in [0.717, 1.165) is 11.3 Å². The molecular weight excluding hydrogens is 511 g/mol. The van der Waals surface area contributed by atoms with E-state index in [-0.39, 0.29) is 18.3 Å². The van der Waals surface area contributed by atoms with Gasteiger partial charge in [0.05, 0.1) is 26.5 Å². The smallest absolute Gasteiger partial charge is 0.497 e. The van der Waals surface area contributed by atoms with Crippen LogP contribution in [0.3, 0.4) is 0 Å². The molecule has 0 radical (unpaired) electrons. The molecule has 12 heteroatoms. The quantitative estimate of drug-likeness (QED) is 0.346. The number of aromatic nitrogens is 1. The van der Waals surface area contributed by atoms with Crippen LogP contribution in [0.1, 0.15) is 12.0 Å². The summed E-state index contributed by atoms with van der Waals surface area (Å²) in [5.41, 5.74) is 2.36. The molecular formula is C25H28F3N3O5S. The lowest BCUT2D eigenvalue weighted by Crippen LogP contribution is -2.29. The fraction of sp³-hybridized carbons (Fsp3) is 0.360. The zero-order valence-electron chi connectivity index (χ0n) is 20.6. The fourth-order valence-corrected chi connectivity index (χ4v) is 4.45. The van der Waals surface area contributed by atoms with Crippen LogP contribution in [-0.2, 0) is 22.6 Å². The molecule has 1 amide bonds. The Morgan fingerprint density at radius 3 is 2.43 bits per heavy atom. The number of amides is 1. The van der Waals surface area contributed by atoms with E-state index in [1.807, 2.05) is 22.1 Å². The van der Waals surface area contributed by atoms with Crippen molar-refractivity contribution in [3.05, 3.63) is 58.2 Å². The van der Waals surface area contributed by atoms with Crippen molar-refractivity contribution in [1.29, 1.82) is 0 Å². The number of ether oxygens (including phenoxy) is 4. The molecule has 8 nitrogen and oxygen atoms in total. The molecule has 200 valence electrons. The van der Waals surface area contributed by atoms with Crippen LogP contribution in [0, 0.1) is 0 Å². The van der Waals surface area contributed by atoms with Crippen molar-refractivity contribution in [3.63, 3.8) is 0 Å². The third-order valence-electron chi connectivity index (χ3n) is 5.22. The summed E-state index contributed by atoms with van der Waals surface area (Å²) >= 11 is 1.41. The molecule has 0 unspecified atom stereocenters. The summed E-state index contributed by atoms with van der Waals surface area (Å²) in [6.07, 6.45) is -4.15. The molecule has 37 heavy (non-hydrogen) atoms. The molecule has 0 aliphatic rings. The molecule has 1 N–H and O–H groups in total. The molecule has 1 heterocycles. The van der Waals surface area contributed by atoms with Crippen LogP contribution in [0.15, 0.2) is 52.8 Å². The molecule has 0 spiro atoms. The maximum absolute atomic E-state index is 12.5. The number of thiazole rings is 1. The van der Waals surface area contributed by atoms with Crippen molar-refractivity contribution >= 4 is 17.2 Å². The first kappa shape index (κ1) is 28.1. The molecule has 0 fully saturated rings. The number of alkyl halides is 3. The Balaban J connectivity index is 1.87. The Labute approximate surface area is 216 Å². The number of benzene rings is 2. The number of carbonyl (C=O) groups excluding carboxylic acids is 1. The second-order valence-corrected chi connectivity index (χ2v) is 8.59. The Morgan fingerprint density at radius 2 is 1.78 bits per heavy atom. The number of nitrogens with one attached hydrogen (secondary N) is 1. The van der Waals surface area contributed by atoms with Gasteiger partial charge in [-0.25, -0.2) is 0 Å². The number of nitrogens with zero attached hydrogens (tertiary/aromatic N) is 2. The zero-order chi connectivity index (χ0) is 26.8. The minimum absolute atomic E-state index is 0.0204. The highest BCUT2D eigenvalue weighted by molar-refractivity contribution is 7.07. The number of rotatable bonds is 12. The second kappa shape index (κ2) is 13.2. The maximum atomic E-state index is 12.5. The van der Waals surface area contributed by atoms with Gasteiger partial charge in [0.2, 0.25) is 5.91 Å². The summed E-state index contributed by atoms with van der Waals surface area (Å²) < 4.78 is 59.1. The average molecular weight is 540 g/mol. The van der Waals surface area contributed by atoms with Crippen LogP contribution in [0.2, 0.25) is 0 Å². The van der Waals surface area contributed by atoms with Crippen molar-refractivity contribution in [2.24, 2.45) is 4.99 Å². The molecule has 0 atom stereocenters. The standard InChI is InChI=1S/C25H28F3N3O5S/c1-33-15-23(32)29-11-4-12-31-21(17-5-8-19(9-6-17)36-25(26,27)28)16-37-24(31)30-14-18-7-10-20(34-2)13-22(18)35-3/h5-10,13,16H,4,11-12,14-15H2,1-3H3,(H,29,32). The lowest BCUT2D eigenvalue weighted by atomic mass is 10.1. The van der Waals surface area contributed by atoms with E-state index in [4.69, 9.17) is 19.2 Å². The molecule has 0 aliphatic carbocycles. The molecule has 0 aliphatic heterocycles. The molecule has 3 rings (SSSR count). The van der Waals surface area contributed by atoms with Gasteiger partial charge in [-0.2, -0.15) is 0 Å². The third kappa shape index (κ3) is 8.25. The van der Waals surface area contributed by atoms with Crippen LogP contribution in [0.25, 0.3) is 11.3 Å². The van der Waals surface area contributed by atoms with Gasteiger partial charge in [0.25, 0.3) is 0 Å². The highest BCUT2D eigenvalue weighted by Crippen LogP contribution is 2.28. The van der Waals surface area contributed by atoms with Crippen molar-refractivity contribution < 1.29 is 36.9 Å². The lowest BCUT2D eigenvalue weighted by Gasteiger charge is -2.12. The van der Waals surface area contributed by atoms with Gasteiger partial charge in [-0.1, -0.05) is 0 Å². The monoisotopic (exact) mass is 539 g/mol. The normalized spacial score (nSPS) is 11.9. The largest absolute Gasteiger partial charge is 0.573 e. The minimum Gasteiger partial charge on any atom is -0.497 e. The van der Waals surface area contributed by atoms with E-state index in [1.54, 1.807) is 32.4 Å².